The molecule has 0 radical (unpaired) electrons. The average molecular weight is 746 g/mol. The maximum atomic E-state index is 12.6. The lowest BCUT2D eigenvalue weighted by atomic mass is 9.99. The minimum Gasteiger partial charge on any atom is -0.478 e. The van der Waals surface area contributed by atoms with Crippen LogP contribution in [0.5, 0.6) is 0 Å². The smallest absolute Gasteiger partial charge is 0.336 e. The van der Waals surface area contributed by atoms with E-state index in [0.29, 0.717) is 41.4 Å². The summed E-state index contributed by atoms with van der Waals surface area (Å²) in [6.07, 6.45) is 0.190. The third-order valence-electron chi connectivity index (χ3n) is 9.11. The lowest BCUT2D eigenvalue weighted by molar-refractivity contribution is -0.245. The van der Waals surface area contributed by atoms with Crippen LogP contribution in [0.3, 0.4) is 0 Å². The third-order valence-corrected chi connectivity index (χ3v) is 10.3. The van der Waals surface area contributed by atoms with Crippen molar-refractivity contribution in [2.45, 2.75) is 62.2 Å². The summed E-state index contributed by atoms with van der Waals surface area (Å²) in [5.41, 5.74) is 12.7. The lowest BCUT2D eigenvalue weighted by Crippen LogP contribution is -2.31. The van der Waals surface area contributed by atoms with E-state index < -0.39 is 12.3 Å². The second-order valence-corrected chi connectivity index (χ2v) is 14.1. The number of benzene rings is 5. The van der Waals surface area contributed by atoms with Crippen LogP contribution in [-0.2, 0) is 32.2 Å². The molecule has 54 heavy (non-hydrogen) atoms. The van der Waals surface area contributed by atoms with Gasteiger partial charge in [-0.15, -0.1) is 11.8 Å². The van der Waals surface area contributed by atoms with Crippen LogP contribution in [-0.4, -0.2) is 39.9 Å². The average Bonchev–Trinajstić information content (AvgIpc) is 3.20. The van der Waals surface area contributed by atoms with E-state index in [4.69, 9.17) is 15.2 Å². The number of nitrogen functional groups attached to an aromatic ring is 1. The van der Waals surface area contributed by atoms with E-state index in [1.807, 2.05) is 84.9 Å². The predicted octanol–water partition coefficient (Wildman–Crippen LogP) is 7.89. The van der Waals surface area contributed by atoms with Gasteiger partial charge in [-0.05, 0) is 70.6 Å². The van der Waals surface area contributed by atoms with Crippen molar-refractivity contribution in [3.63, 3.8) is 0 Å². The van der Waals surface area contributed by atoms with Gasteiger partial charge in [0.2, 0.25) is 11.8 Å². The van der Waals surface area contributed by atoms with Gasteiger partial charge in [0.05, 0.1) is 35.8 Å². The Hall–Kier alpha value is -5.46. The van der Waals surface area contributed by atoms with Crippen molar-refractivity contribution in [3.05, 3.63) is 149 Å². The van der Waals surface area contributed by atoms with E-state index in [1.165, 1.54) is 11.8 Å². The first-order chi connectivity index (χ1) is 26.2. The van der Waals surface area contributed by atoms with Crippen molar-refractivity contribution in [2.24, 2.45) is 0 Å². The van der Waals surface area contributed by atoms with Crippen LogP contribution >= 0.6 is 11.8 Å². The molecule has 1 aliphatic heterocycles. The van der Waals surface area contributed by atoms with Crippen molar-refractivity contribution in [2.75, 3.05) is 16.8 Å². The van der Waals surface area contributed by atoms with Gasteiger partial charge in [0.15, 0.2) is 6.29 Å². The molecule has 6 N–H and O–H groups in total. The van der Waals surface area contributed by atoms with E-state index in [2.05, 4.69) is 10.6 Å². The number of carbonyl (C=O) groups excluding carboxylic acids is 2. The molecule has 0 saturated carbocycles. The fourth-order valence-electron chi connectivity index (χ4n) is 6.22. The summed E-state index contributed by atoms with van der Waals surface area (Å²) < 4.78 is 13.1. The zero-order valence-corrected chi connectivity index (χ0v) is 30.5. The zero-order chi connectivity index (χ0) is 37.9. The van der Waals surface area contributed by atoms with E-state index in [9.17, 15) is 24.6 Å². The topological polar surface area (TPSA) is 160 Å². The van der Waals surface area contributed by atoms with E-state index in [1.54, 1.807) is 36.4 Å². The molecule has 1 aliphatic rings. The van der Waals surface area contributed by atoms with Crippen LogP contribution in [0.1, 0.15) is 70.7 Å². The molecule has 0 aliphatic carbocycles. The van der Waals surface area contributed by atoms with Crippen molar-refractivity contribution in [1.29, 1.82) is 0 Å². The number of thioether (sulfide) groups is 1. The Kier molecular flexibility index (Phi) is 13.1. The molecule has 3 atom stereocenters. The number of ether oxygens (including phenoxy) is 2. The quantitative estimate of drug-likeness (QED) is 0.0531. The van der Waals surface area contributed by atoms with Crippen LogP contribution in [0.15, 0.2) is 126 Å². The maximum absolute atomic E-state index is 12.6. The summed E-state index contributed by atoms with van der Waals surface area (Å²) in [5, 5.41) is 25.0. The Bertz CT molecular complexity index is 2070. The molecule has 0 bridgehead atoms. The maximum Gasteiger partial charge on any atom is 0.336 e. The number of hydrogen-bond donors (Lipinski definition) is 5. The van der Waals surface area contributed by atoms with Crippen LogP contribution < -0.4 is 16.4 Å². The molecule has 2 amide bonds. The minimum absolute atomic E-state index is 0.0492. The SMILES string of the molecule is Nc1ccccc1NC(=O)CCCC(=O)NCc1cccc(-c2cccc(C3OC(CSc4ccccc4C(=O)O)CC(c4ccc(CO)cc4)O3)c2)c1. The largest absolute Gasteiger partial charge is 0.478 e. The fraction of sp³-hybridized carbons (Fsp3) is 0.233. The van der Waals surface area contributed by atoms with Crippen molar-refractivity contribution < 1.29 is 34.1 Å². The number of carbonyl (C=O) groups is 3. The number of anilines is 2. The van der Waals surface area contributed by atoms with Gasteiger partial charge in [-0.25, -0.2) is 4.79 Å². The predicted molar refractivity (Wildman–Crippen MR) is 210 cm³/mol. The summed E-state index contributed by atoms with van der Waals surface area (Å²) in [5.74, 6) is -0.775. The zero-order valence-electron chi connectivity index (χ0n) is 29.7. The van der Waals surface area contributed by atoms with Crippen molar-refractivity contribution >= 4 is 40.9 Å². The monoisotopic (exact) mass is 745 g/mol. The van der Waals surface area contributed by atoms with Crippen molar-refractivity contribution in [3.8, 4) is 11.1 Å². The molecule has 1 saturated heterocycles. The Morgan fingerprint density at radius 3 is 2.26 bits per heavy atom. The number of aromatic carboxylic acids is 1. The molecule has 10 nitrogen and oxygen atoms in total. The standard InChI is InChI=1S/C43H43N3O7S/c44-36-13-2-3-14-37(36)46-41(49)17-7-16-40(48)45-25-29-8-5-9-31(22-29)32-10-6-11-33(23-32)43-52-34(27-54-39-15-4-1-12-35(39)42(50)51)24-38(53-43)30-20-18-28(26-47)19-21-30/h1-6,8-15,18-23,34,38,43,47H,7,16-17,24-27,44H2,(H,45,48)(H,46,49)(H,50,51). The van der Waals surface area contributed by atoms with Gasteiger partial charge in [-0.1, -0.05) is 84.9 Å². The third kappa shape index (κ3) is 10.4. The number of aliphatic hydroxyl groups excluding tert-OH is 1. The highest BCUT2D eigenvalue weighted by Gasteiger charge is 2.32. The number of aliphatic hydroxyl groups is 1. The number of rotatable bonds is 15. The number of carboxylic acids is 1. The van der Waals surface area contributed by atoms with Gasteiger partial charge in [0.25, 0.3) is 0 Å². The van der Waals surface area contributed by atoms with Gasteiger partial charge in [-0.2, -0.15) is 0 Å². The molecule has 6 rings (SSSR count). The lowest BCUT2D eigenvalue weighted by Gasteiger charge is -2.36. The van der Waals surface area contributed by atoms with Crippen LogP contribution in [0, 0.1) is 0 Å². The molecule has 1 heterocycles. The van der Waals surface area contributed by atoms with Crippen LogP contribution in [0.4, 0.5) is 11.4 Å². The normalized spacial score (nSPS) is 16.7. The summed E-state index contributed by atoms with van der Waals surface area (Å²) in [7, 11) is 0. The Morgan fingerprint density at radius 2 is 1.48 bits per heavy atom. The van der Waals surface area contributed by atoms with Gasteiger partial charge < -0.3 is 36.1 Å². The number of para-hydroxylation sites is 2. The Labute approximate surface area is 318 Å². The second-order valence-electron chi connectivity index (χ2n) is 13.1. The number of nitrogens with two attached hydrogens (primary N) is 1. The first-order valence-corrected chi connectivity index (χ1v) is 18.8. The molecule has 5 aromatic rings. The minimum atomic E-state index is -0.971. The van der Waals surface area contributed by atoms with Gasteiger partial charge >= 0.3 is 5.97 Å². The number of hydrogen-bond acceptors (Lipinski definition) is 8. The summed E-state index contributed by atoms with van der Waals surface area (Å²) >= 11 is 1.45. The first kappa shape index (κ1) is 38.3. The molecular weight excluding hydrogens is 703 g/mol. The van der Waals surface area contributed by atoms with Crippen LogP contribution in [0.25, 0.3) is 11.1 Å². The molecule has 5 aromatic carbocycles. The molecule has 0 spiro atoms. The molecule has 1 fully saturated rings. The van der Waals surface area contributed by atoms with Crippen LogP contribution in [0.2, 0.25) is 0 Å². The highest BCUT2D eigenvalue weighted by molar-refractivity contribution is 7.99. The van der Waals surface area contributed by atoms with E-state index in [-0.39, 0.29) is 49.0 Å². The molecule has 3 unspecified atom stereocenters. The molecule has 0 aromatic heterocycles. The summed E-state index contributed by atoms with van der Waals surface area (Å²) in [4.78, 5) is 37.4. The summed E-state index contributed by atoms with van der Waals surface area (Å²) in [6.45, 7) is 0.293. The first-order valence-electron chi connectivity index (χ1n) is 17.8. The van der Waals surface area contributed by atoms with Gasteiger partial charge in [0.1, 0.15) is 0 Å². The van der Waals surface area contributed by atoms with Gasteiger partial charge in [0, 0.05) is 42.0 Å². The Balaban J connectivity index is 1.09. The highest BCUT2D eigenvalue weighted by atomic mass is 32.2. The second kappa shape index (κ2) is 18.5. The molecular formula is C43H43N3O7S. The summed E-state index contributed by atoms with van der Waals surface area (Å²) in [6, 6.07) is 37.6. The number of amides is 2. The van der Waals surface area contributed by atoms with E-state index >= 15 is 0 Å². The molecule has 11 heteroatoms. The fourth-order valence-corrected chi connectivity index (χ4v) is 7.29. The van der Waals surface area contributed by atoms with Gasteiger partial charge in [-0.3, -0.25) is 9.59 Å². The van der Waals surface area contributed by atoms with Crippen molar-refractivity contribution in [1.82, 2.24) is 5.32 Å². The molecule has 278 valence electrons. The Morgan fingerprint density at radius 1 is 0.759 bits per heavy atom. The number of carboxylic acid groups (broad SMARTS) is 1. The van der Waals surface area contributed by atoms with E-state index in [0.717, 1.165) is 33.4 Å². The highest BCUT2D eigenvalue weighted by Crippen LogP contribution is 2.40. The number of nitrogens with one attached hydrogen (secondary N) is 2.